The van der Waals surface area contributed by atoms with Gasteiger partial charge in [-0.3, -0.25) is 0 Å². The Morgan fingerprint density at radius 2 is 2.40 bits per heavy atom. The average Bonchev–Trinajstić information content (AvgIpc) is 2.31. The molecular formula is C6H10FIOS. The van der Waals surface area contributed by atoms with Crippen molar-refractivity contribution < 1.29 is 8.57 Å². The molecule has 10 heavy (non-hydrogen) atoms. The zero-order valence-corrected chi connectivity index (χ0v) is 8.53. The predicted molar refractivity (Wildman–Crippen MR) is 49.8 cm³/mol. The quantitative estimate of drug-likeness (QED) is 0.578. The van der Waals surface area contributed by atoms with Crippen molar-refractivity contribution in [2.75, 3.05) is 6.61 Å². The lowest BCUT2D eigenvalue weighted by molar-refractivity contribution is 0.272. The van der Waals surface area contributed by atoms with Crippen molar-refractivity contribution in [3.05, 3.63) is 0 Å². The summed E-state index contributed by atoms with van der Waals surface area (Å²) in [6.45, 7) is 0.716. The third-order valence-corrected chi connectivity index (χ3v) is 2.81. The van der Waals surface area contributed by atoms with Gasteiger partial charge in [-0.05, 0) is 25.2 Å². The van der Waals surface area contributed by atoms with Gasteiger partial charge in [0, 0.05) is 21.2 Å². The van der Waals surface area contributed by atoms with E-state index in [4.69, 9.17) is 4.18 Å². The third-order valence-electron chi connectivity index (χ3n) is 1.83. The van der Waals surface area contributed by atoms with Gasteiger partial charge in [-0.2, -0.15) is 0 Å². The van der Waals surface area contributed by atoms with Gasteiger partial charge in [-0.25, -0.2) is 4.39 Å². The first kappa shape index (κ1) is 9.06. The summed E-state index contributed by atoms with van der Waals surface area (Å²) in [4.78, 5) is 0. The Morgan fingerprint density at radius 3 is 2.90 bits per heavy atom. The Hall–Kier alpha value is 0.970. The summed E-state index contributed by atoms with van der Waals surface area (Å²) >= 11 is 2.08. The predicted octanol–water partition coefficient (Wildman–Crippen LogP) is 3.14. The largest absolute Gasteiger partial charge is 0.305 e. The lowest BCUT2D eigenvalue weighted by Gasteiger charge is -2.05. The molecule has 0 spiro atoms. The Kier molecular flexibility index (Phi) is 4.32. The van der Waals surface area contributed by atoms with E-state index in [1.807, 2.05) is 0 Å². The minimum absolute atomic E-state index is 0.470. The van der Waals surface area contributed by atoms with Crippen molar-refractivity contribution in [2.24, 2.45) is 5.92 Å². The Balaban J connectivity index is 2.06. The molecule has 1 saturated carbocycles. The minimum Gasteiger partial charge on any atom is -0.305 e. The molecule has 0 saturated heterocycles. The Morgan fingerprint density at radius 1 is 1.60 bits per heavy atom. The summed E-state index contributed by atoms with van der Waals surface area (Å²) < 4.78 is 17.6. The highest BCUT2D eigenvalue weighted by molar-refractivity contribution is 14.2. The van der Waals surface area contributed by atoms with Crippen LogP contribution >= 0.6 is 30.4 Å². The maximum atomic E-state index is 12.5. The van der Waals surface area contributed by atoms with Crippen molar-refractivity contribution in [2.45, 2.75) is 25.4 Å². The molecule has 4 heteroatoms. The molecule has 0 bridgehead atoms. The second-order valence-corrected chi connectivity index (χ2v) is 4.06. The van der Waals surface area contributed by atoms with E-state index in [9.17, 15) is 4.39 Å². The zero-order chi connectivity index (χ0) is 7.40. The highest BCUT2D eigenvalue weighted by Gasteiger charge is 2.23. The first-order chi connectivity index (χ1) is 4.83. The molecule has 1 nitrogen and oxygen atoms in total. The summed E-state index contributed by atoms with van der Waals surface area (Å²) in [5.41, 5.74) is 0. The summed E-state index contributed by atoms with van der Waals surface area (Å²) in [5, 5.41) is 0. The molecule has 1 fully saturated rings. The van der Waals surface area contributed by atoms with Crippen LogP contribution in [0.5, 0.6) is 0 Å². The number of hydrogen-bond acceptors (Lipinski definition) is 2. The van der Waals surface area contributed by atoms with Crippen LogP contribution in [-0.2, 0) is 4.18 Å². The minimum atomic E-state index is -0.562. The summed E-state index contributed by atoms with van der Waals surface area (Å²) in [6.07, 6.45) is 1.88. The van der Waals surface area contributed by atoms with E-state index in [0.29, 0.717) is 18.9 Å². The highest BCUT2D eigenvalue weighted by Crippen LogP contribution is 2.29. The summed E-state index contributed by atoms with van der Waals surface area (Å²) in [6, 6.07) is 0. The van der Waals surface area contributed by atoms with Crippen LogP contribution in [0.2, 0.25) is 0 Å². The number of rotatable bonds is 3. The van der Waals surface area contributed by atoms with Crippen molar-refractivity contribution in [3.8, 4) is 0 Å². The first-order valence-electron chi connectivity index (χ1n) is 3.37. The molecule has 1 rings (SSSR count). The van der Waals surface area contributed by atoms with Crippen LogP contribution in [0.4, 0.5) is 4.39 Å². The highest BCUT2D eigenvalue weighted by atomic mass is 127. The van der Waals surface area contributed by atoms with Crippen molar-refractivity contribution in [1.29, 1.82) is 0 Å². The molecule has 60 valence electrons. The second-order valence-electron chi connectivity index (χ2n) is 2.62. The maximum absolute atomic E-state index is 12.5. The molecular weight excluding hydrogens is 266 g/mol. The van der Waals surface area contributed by atoms with Crippen molar-refractivity contribution in [1.82, 2.24) is 0 Å². The van der Waals surface area contributed by atoms with Gasteiger partial charge in [0.05, 0.1) is 15.8 Å². The van der Waals surface area contributed by atoms with Gasteiger partial charge in [0.15, 0.2) is 0 Å². The van der Waals surface area contributed by atoms with Gasteiger partial charge < -0.3 is 4.18 Å². The third kappa shape index (κ3) is 2.92. The van der Waals surface area contributed by atoms with Crippen LogP contribution in [0.25, 0.3) is 0 Å². The molecule has 0 N–H and O–H groups in total. The topological polar surface area (TPSA) is 9.23 Å². The lowest BCUT2D eigenvalue weighted by Crippen LogP contribution is -2.02. The fraction of sp³-hybridized carbons (Fsp3) is 1.00. The molecule has 0 aromatic heterocycles. The maximum Gasteiger partial charge on any atom is 0.100 e. The van der Waals surface area contributed by atoms with Crippen LogP contribution in [-0.4, -0.2) is 12.8 Å². The van der Waals surface area contributed by atoms with E-state index >= 15 is 0 Å². The molecule has 0 aromatic rings. The lowest BCUT2D eigenvalue weighted by atomic mass is 10.1. The SMILES string of the molecule is F[C@@H]1CCC(COSI)C1. The molecule has 0 aliphatic heterocycles. The van der Waals surface area contributed by atoms with Crippen LogP contribution < -0.4 is 0 Å². The second kappa shape index (κ2) is 4.77. The van der Waals surface area contributed by atoms with E-state index in [0.717, 1.165) is 12.8 Å². The molecule has 0 heterocycles. The van der Waals surface area contributed by atoms with Crippen molar-refractivity contribution >= 4 is 30.4 Å². The molecule has 0 amide bonds. The molecule has 1 aliphatic carbocycles. The van der Waals surface area contributed by atoms with Gasteiger partial charge in [0.2, 0.25) is 0 Å². The molecule has 0 radical (unpaired) electrons. The zero-order valence-electron chi connectivity index (χ0n) is 5.56. The van der Waals surface area contributed by atoms with E-state index in [1.54, 1.807) is 0 Å². The van der Waals surface area contributed by atoms with E-state index in [1.165, 1.54) is 9.21 Å². The number of halogens is 2. The first-order valence-corrected chi connectivity index (χ1v) is 6.65. The molecule has 2 atom stereocenters. The standard InChI is InChI=1S/C6H10FIOS/c7-6-2-1-5(3-6)4-9-10-8/h5-6H,1-4H2/t5?,6-/m1/s1. The summed E-state index contributed by atoms with van der Waals surface area (Å²) in [7, 11) is 1.34. The smallest absolute Gasteiger partial charge is 0.100 e. The Bertz CT molecular complexity index is 104. The number of alkyl halides is 1. The van der Waals surface area contributed by atoms with Crippen LogP contribution in [0, 0.1) is 5.92 Å². The molecule has 1 aliphatic rings. The monoisotopic (exact) mass is 276 g/mol. The van der Waals surface area contributed by atoms with Gasteiger partial charge in [0.1, 0.15) is 6.17 Å². The van der Waals surface area contributed by atoms with Gasteiger partial charge >= 0.3 is 0 Å². The van der Waals surface area contributed by atoms with E-state index < -0.39 is 6.17 Å². The Labute approximate surface area is 76.9 Å². The van der Waals surface area contributed by atoms with E-state index in [-0.39, 0.29) is 0 Å². The van der Waals surface area contributed by atoms with Crippen molar-refractivity contribution in [3.63, 3.8) is 0 Å². The molecule has 1 unspecified atom stereocenters. The van der Waals surface area contributed by atoms with Gasteiger partial charge in [-0.1, -0.05) is 0 Å². The van der Waals surface area contributed by atoms with Crippen LogP contribution in [0.1, 0.15) is 19.3 Å². The number of hydrogen-bond donors (Lipinski definition) is 0. The molecule has 0 aromatic carbocycles. The van der Waals surface area contributed by atoms with E-state index in [2.05, 4.69) is 21.2 Å². The normalized spacial score (nSPS) is 33.0. The van der Waals surface area contributed by atoms with Crippen LogP contribution in [0.15, 0.2) is 0 Å². The summed E-state index contributed by atoms with van der Waals surface area (Å²) in [5.74, 6) is 0.470. The fourth-order valence-corrected chi connectivity index (χ4v) is 1.97. The van der Waals surface area contributed by atoms with Gasteiger partial charge in [-0.15, -0.1) is 0 Å². The van der Waals surface area contributed by atoms with Gasteiger partial charge in [0.25, 0.3) is 0 Å². The van der Waals surface area contributed by atoms with Crippen LogP contribution in [0.3, 0.4) is 0 Å². The average molecular weight is 276 g/mol. The fourth-order valence-electron chi connectivity index (χ4n) is 1.29.